The molecule has 2 atom stereocenters. The molecule has 90 valence electrons. The molecule has 1 rings (SSSR count). The SMILES string of the molecule is CCC(NC(C)c1ccc(Cl)s1)C(=O)OC. The third-order valence-electron chi connectivity index (χ3n) is 2.37. The first-order valence-electron chi connectivity index (χ1n) is 5.17. The van der Waals surface area contributed by atoms with Crippen LogP contribution in [0.1, 0.15) is 31.2 Å². The molecule has 1 aromatic rings. The number of rotatable bonds is 5. The van der Waals surface area contributed by atoms with E-state index in [0.29, 0.717) is 6.42 Å². The van der Waals surface area contributed by atoms with Gasteiger partial charge >= 0.3 is 5.97 Å². The summed E-state index contributed by atoms with van der Waals surface area (Å²) < 4.78 is 5.48. The van der Waals surface area contributed by atoms with Crippen molar-refractivity contribution in [3.05, 3.63) is 21.3 Å². The predicted octanol–water partition coefficient (Wildman–Crippen LogP) is 3.00. The zero-order valence-electron chi connectivity index (χ0n) is 9.62. The van der Waals surface area contributed by atoms with Gasteiger partial charge in [-0.3, -0.25) is 10.1 Å². The van der Waals surface area contributed by atoms with Gasteiger partial charge in [-0.25, -0.2) is 0 Å². The van der Waals surface area contributed by atoms with Crippen LogP contribution in [0.2, 0.25) is 4.34 Å². The number of ether oxygens (including phenoxy) is 1. The number of halogens is 1. The number of nitrogens with one attached hydrogen (secondary N) is 1. The lowest BCUT2D eigenvalue weighted by atomic mass is 10.2. The van der Waals surface area contributed by atoms with Gasteiger partial charge in [0.25, 0.3) is 0 Å². The van der Waals surface area contributed by atoms with Gasteiger partial charge in [0, 0.05) is 10.9 Å². The summed E-state index contributed by atoms with van der Waals surface area (Å²) in [5.74, 6) is -0.225. The lowest BCUT2D eigenvalue weighted by molar-refractivity contribution is -0.143. The minimum Gasteiger partial charge on any atom is -0.468 e. The molecule has 16 heavy (non-hydrogen) atoms. The molecule has 0 aromatic carbocycles. The van der Waals surface area contributed by atoms with E-state index in [4.69, 9.17) is 16.3 Å². The van der Waals surface area contributed by atoms with Gasteiger partial charge in [0.05, 0.1) is 11.4 Å². The third kappa shape index (κ3) is 3.47. The van der Waals surface area contributed by atoms with Gasteiger partial charge in [-0.2, -0.15) is 0 Å². The number of thiophene rings is 1. The van der Waals surface area contributed by atoms with Gasteiger partial charge in [0.15, 0.2) is 0 Å². The molecule has 2 unspecified atom stereocenters. The largest absolute Gasteiger partial charge is 0.468 e. The standard InChI is InChI=1S/C11H16ClNO2S/c1-4-8(11(14)15-3)13-7(2)9-5-6-10(12)16-9/h5-8,13H,4H2,1-3H3. The zero-order valence-corrected chi connectivity index (χ0v) is 11.2. The Morgan fingerprint density at radius 1 is 1.62 bits per heavy atom. The van der Waals surface area contributed by atoms with Crippen molar-refractivity contribution >= 4 is 28.9 Å². The van der Waals surface area contributed by atoms with Gasteiger partial charge in [0.1, 0.15) is 6.04 Å². The lowest BCUT2D eigenvalue weighted by Gasteiger charge is -2.19. The van der Waals surface area contributed by atoms with Gasteiger partial charge in [0.2, 0.25) is 0 Å². The highest BCUT2D eigenvalue weighted by molar-refractivity contribution is 7.16. The molecule has 0 fully saturated rings. The molecule has 1 N–H and O–H groups in total. The van der Waals surface area contributed by atoms with Crippen molar-refractivity contribution in [1.82, 2.24) is 5.32 Å². The Morgan fingerprint density at radius 3 is 2.75 bits per heavy atom. The van der Waals surface area contributed by atoms with E-state index in [2.05, 4.69) is 5.32 Å². The third-order valence-corrected chi connectivity index (χ3v) is 3.78. The van der Waals surface area contributed by atoms with Crippen LogP contribution in [0.15, 0.2) is 12.1 Å². The lowest BCUT2D eigenvalue weighted by Crippen LogP contribution is -2.38. The smallest absolute Gasteiger partial charge is 0.322 e. The molecule has 0 aliphatic rings. The summed E-state index contributed by atoms with van der Waals surface area (Å²) in [6.45, 7) is 3.95. The first kappa shape index (κ1) is 13.5. The van der Waals surface area contributed by atoms with Crippen molar-refractivity contribution in [2.24, 2.45) is 0 Å². The minimum absolute atomic E-state index is 0.0987. The fraction of sp³-hybridized carbons (Fsp3) is 0.545. The van der Waals surface area contributed by atoms with Crippen LogP contribution in [-0.2, 0) is 9.53 Å². The highest BCUT2D eigenvalue weighted by Gasteiger charge is 2.20. The van der Waals surface area contributed by atoms with Crippen LogP contribution < -0.4 is 5.32 Å². The summed E-state index contributed by atoms with van der Waals surface area (Å²) in [6.07, 6.45) is 0.704. The molecule has 0 amide bonds. The fourth-order valence-electron chi connectivity index (χ4n) is 1.44. The van der Waals surface area contributed by atoms with Gasteiger partial charge in [-0.1, -0.05) is 18.5 Å². The van der Waals surface area contributed by atoms with Gasteiger partial charge in [-0.15, -0.1) is 11.3 Å². The van der Waals surface area contributed by atoms with Crippen LogP contribution in [0, 0.1) is 0 Å². The zero-order chi connectivity index (χ0) is 12.1. The van der Waals surface area contributed by atoms with E-state index in [0.717, 1.165) is 9.21 Å². The minimum atomic E-state index is -0.263. The number of carbonyl (C=O) groups excluding carboxylic acids is 1. The normalized spacial score (nSPS) is 14.5. The number of methoxy groups -OCH3 is 1. The summed E-state index contributed by atoms with van der Waals surface area (Å²) in [5.41, 5.74) is 0. The summed E-state index contributed by atoms with van der Waals surface area (Å²) >= 11 is 7.38. The van der Waals surface area contributed by atoms with Crippen LogP contribution in [0.25, 0.3) is 0 Å². The molecule has 5 heteroatoms. The fourth-order valence-corrected chi connectivity index (χ4v) is 2.51. The Labute approximate surface area is 105 Å². The molecule has 1 heterocycles. The van der Waals surface area contributed by atoms with Crippen molar-refractivity contribution < 1.29 is 9.53 Å². The second-order valence-electron chi connectivity index (χ2n) is 3.51. The van der Waals surface area contributed by atoms with Crippen molar-refractivity contribution in [3.8, 4) is 0 Å². The molecule has 0 aliphatic heterocycles. The number of hydrogen-bond donors (Lipinski definition) is 1. The Bertz CT molecular complexity index is 354. The molecule has 0 spiro atoms. The van der Waals surface area contributed by atoms with Crippen LogP contribution >= 0.6 is 22.9 Å². The summed E-state index contributed by atoms with van der Waals surface area (Å²) in [5, 5.41) is 3.22. The average molecular weight is 262 g/mol. The number of esters is 1. The average Bonchev–Trinajstić information content (AvgIpc) is 2.71. The topological polar surface area (TPSA) is 38.3 Å². The summed E-state index contributed by atoms with van der Waals surface area (Å²) in [6, 6.07) is 3.66. The maximum Gasteiger partial charge on any atom is 0.322 e. The Kier molecular flexibility index (Phi) is 5.25. The molecule has 0 saturated heterocycles. The van der Waals surface area contributed by atoms with Crippen LogP contribution in [-0.4, -0.2) is 19.1 Å². The van der Waals surface area contributed by atoms with E-state index >= 15 is 0 Å². The second kappa shape index (κ2) is 6.23. The molecular formula is C11H16ClNO2S. The first-order valence-corrected chi connectivity index (χ1v) is 6.37. The predicted molar refractivity (Wildman–Crippen MR) is 67.0 cm³/mol. The van der Waals surface area contributed by atoms with Gasteiger partial charge in [-0.05, 0) is 25.5 Å². The van der Waals surface area contributed by atoms with Crippen LogP contribution in [0.4, 0.5) is 0 Å². The first-order chi connectivity index (χ1) is 7.58. The van der Waals surface area contributed by atoms with Crippen molar-refractivity contribution in [2.45, 2.75) is 32.4 Å². The number of hydrogen-bond acceptors (Lipinski definition) is 4. The molecular weight excluding hydrogens is 246 g/mol. The maximum atomic E-state index is 11.4. The molecule has 0 bridgehead atoms. The summed E-state index contributed by atoms with van der Waals surface area (Å²) in [4.78, 5) is 12.5. The Hall–Kier alpha value is -0.580. The maximum absolute atomic E-state index is 11.4. The van der Waals surface area contributed by atoms with E-state index in [-0.39, 0.29) is 18.1 Å². The van der Waals surface area contributed by atoms with Gasteiger partial charge < -0.3 is 4.74 Å². The molecule has 1 aromatic heterocycles. The highest BCUT2D eigenvalue weighted by Crippen LogP contribution is 2.27. The molecule has 3 nitrogen and oxygen atoms in total. The summed E-state index contributed by atoms with van der Waals surface area (Å²) in [7, 11) is 1.40. The van der Waals surface area contributed by atoms with Crippen molar-refractivity contribution in [1.29, 1.82) is 0 Å². The molecule has 0 aliphatic carbocycles. The van der Waals surface area contributed by atoms with E-state index in [1.807, 2.05) is 26.0 Å². The Balaban J connectivity index is 2.62. The molecule has 0 radical (unpaired) electrons. The van der Waals surface area contributed by atoms with Crippen molar-refractivity contribution in [3.63, 3.8) is 0 Å². The second-order valence-corrected chi connectivity index (χ2v) is 5.26. The van der Waals surface area contributed by atoms with Crippen LogP contribution in [0.3, 0.4) is 0 Å². The van der Waals surface area contributed by atoms with Crippen LogP contribution in [0.5, 0.6) is 0 Å². The van der Waals surface area contributed by atoms with E-state index < -0.39 is 0 Å². The van der Waals surface area contributed by atoms with Crippen molar-refractivity contribution in [2.75, 3.05) is 7.11 Å². The van der Waals surface area contributed by atoms with E-state index in [1.54, 1.807) is 0 Å². The number of carbonyl (C=O) groups is 1. The highest BCUT2D eigenvalue weighted by atomic mass is 35.5. The molecule has 0 saturated carbocycles. The monoisotopic (exact) mass is 261 g/mol. The van der Waals surface area contributed by atoms with E-state index in [1.165, 1.54) is 18.4 Å². The quantitative estimate of drug-likeness (QED) is 0.828. The van der Waals surface area contributed by atoms with E-state index in [9.17, 15) is 4.79 Å². The Morgan fingerprint density at radius 2 is 2.31 bits per heavy atom.